The number of aromatic nitrogens is 1. The number of allylic oxidation sites excluding steroid dienone is 2. The first-order valence-electron chi connectivity index (χ1n) is 11.7. The number of Topliss-reactive ketones (excluding diaryl/α,β-unsaturated/α-hetero) is 1. The van der Waals surface area contributed by atoms with Crippen LogP contribution < -0.4 is 5.32 Å². The van der Waals surface area contributed by atoms with E-state index in [9.17, 15) is 9.90 Å². The van der Waals surface area contributed by atoms with Crippen molar-refractivity contribution >= 4 is 5.78 Å². The molecule has 2 N–H and O–H groups in total. The highest BCUT2D eigenvalue weighted by Gasteiger charge is 2.52. The van der Waals surface area contributed by atoms with Gasteiger partial charge >= 0.3 is 0 Å². The van der Waals surface area contributed by atoms with Gasteiger partial charge in [-0.15, -0.1) is 0 Å². The minimum atomic E-state index is -0.556. The van der Waals surface area contributed by atoms with Gasteiger partial charge in [-0.3, -0.25) is 9.78 Å². The first kappa shape index (κ1) is 21.7. The summed E-state index contributed by atoms with van der Waals surface area (Å²) in [6.45, 7) is 6.52. The minimum absolute atomic E-state index is 0.0698. The molecule has 33 heavy (non-hydrogen) atoms. The molecule has 1 aromatic heterocycles. The van der Waals surface area contributed by atoms with Crippen molar-refractivity contribution < 1.29 is 9.90 Å². The van der Waals surface area contributed by atoms with Gasteiger partial charge in [0, 0.05) is 48.2 Å². The molecule has 6 heteroatoms. The zero-order valence-electron chi connectivity index (χ0n) is 19.4. The first-order chi connectivity index (χ1) is 15.9. The maximum absolute atomic E-state index is 13.6. The first-order valence-corrected chi connectivity index (χ1v) is 11.7. The van der Waals surface area contributed by atoms with Crippen LogP contribution in [0, 0.1) is 5.41 Å². The number of azo groups is 1. The number of pyridine rings is 1. The SMILES string of the molecule is CCC1(c2cccc(-c3ccnc(CCO)c3)c2)C2=CN=NC2NC2=C1C(=O)CC(C)(C)C2. The van der Waals surface area contributed by atoms with Crippen molar-refractivity contribution in [3.63, 3.8) is 0 Å². The fourth-order valence-corrected chi connectivity index (χ4v) is 5.76. The van der Waals surface area contributed by atoms with E-state index in [0.717, 1.165) is 52.1 Å². The van der Waals surface area contributed by atoms with Gasteiger partial charge in [-0.25, -0.2) is 0 Å². The number of aliphatic hydroxyl groups is 1. The van der Waals surface area contributed by atoms with E-state index in [1.165, 1.54) is 0 Å². The maximum atomic E-state index is 13.6. The molecule has 0 saturated heterocycles. The summed E-state index contributed by atoms with van der Waals surface area (Å²) in [5.74, 6) is 0.210. The Morgan fingerprint density at radius 3 is 2.76 bits per heavy atom. The number of ketones is 1. The van der Waals surface area contributed by atoms with Gasteiger partial charge in [-0.1, -0.05) is 39.0 Å². The number of nitrogens with one attached hydrogen (secondary N) is 1. The van der Waals surface area contributed by atoms with E-state index in [2.05, 4.69) is 65.6 Å². The average molecular weight is 443 g/mol. The molecule has 6 nitrogen and oxygen atoms in total. The third kappa shape index (κ3) is 3.53. The van der Waals surface area contributed by atoms with Crippen LogP contribution in [0.4, 0.5) is 0 Å². The second kappa shape index (κ2) is 8.03. The second-order valence-electron chi connectivity index (χ2n) is 10.0. The van der Waals surface area contributed by atoms with Gasteiger partial charge in [0.25, 0.3) is 0 Å². The average Bonchev–Trinajstić information content (AvgIpc) is 3.26. The Hall–Kier alpha value is -3.12. The monoisotopic (exact) mass is 442 g/mol. The molecule has 2 aliphatic heterocycles. The number of nitrogens with zero attached hydrogens (tertiary/aromatic N) is 3. The standard InChI is InChI=1S/C27H30N4O2/c1-4-27(19-7-5-6-17(12-19)18-8-10-28-20(13-18)9-11-32)21-16-29-31-25(21)30-22-14-26(2,3)15-23(33)24(22)27/h5-8,10,12-13,16,25,30,32H,4,9,11,14-15H2,1-3H3. The normalized spacial score (nSPS) is 25.4. The lowest BCUT2D eigenvalue weighted by molar-refractivity contribution is -0.119. The molecule has 2 unspecified atom stereocenters. The highest BCUT2D eigenvalue weighted by Crippen LogP contribution is 2.53. The van der Waals surface area contributed by atoms with Crippen LogP contribution >= 0.6 is 0 Å². The van der Waals surface area contributed by atoms with Crippen molar-refractivity contribution in [1.29, 1.82) is 0 Å². The number of carbonyl (C=O) groups is 1. The van der Waals surface area contributed by atoms with Crippen LogP contribution in [-0.4, -0.2) is 28.6 Å². The van der Waals surface area contributed by atoms with Crippen LogP contribution in [0.15, 0.2) is 75.9 Å². The van der Waals surface area contributed by atoms with Crippen LogP contribution in [0.5, 0.6) is 0 Å². The lowest BCUT2D eigenvalue weighted by Gasteiger charge is -2.47. The van der Waals surface area contributed by atoms with Gasteiger partial charge in [0.05, 0.1) is 11.6 Å². The van der Waals surface area contributed by atoms with Crippen LogP contribution in [-0.2, 0) is 16.6 Å². The molecule has 0 bridgehead atoms. The predicted octanol–water partition coefficient (Wildman–Crippen LogP) is 4.85. The van der Waals surface area contributed by atoms with E-state index in [-0.39, 0.29) is 24.0 Å². The minimum Gasteiger partial charge on any atom is -0.396 e. The van der Waals surface area contributed by atoms with E-state index in [1.807, 2.05) is 18.3 Å². The van der Waals surface area contributed by atoms with Crippen molar-refractivity contribution in [1.82, 2.24) is 10.3 Å². The summed E-state index contributed by atoms with van der Waals surface area (Å²) in [4.78, 5) is 18.0. The van der Waals surface area contributed by atoms with Crippen molar-refractivity contribution in [2.24, 2.45) is 15.6 Å². The Labute approximate surface area is 194 Å². The van der Waals surface area contributed by atoms with E-state index >= 15 is 0 Å². The highest BCUT2D eigenvalue weighted by atomic mass is 16.3. The van der Waals surface area contributed by atoms with E-state index in [4.69, 9.17) is 0 Å². The predicted molar refractivity (Wildman–Crippen MR) is 127 cm³/mol. The number of carbonyl (C=O) groups excluding carboxylic acids is 1. The summed E-state index contributed by atoms with van der Waals surface area (Å²) in [5.41, 5.74) is 6.37. The smallest absolute Gasteiger partial charge is 0.164 e. The molecule has 1 aliphatic carbocycles. The molecular formula is C27H30N4O2. The van der Waals surface area contributed by atoms with Crippen LogP contribution in [0.3, 0.4) is 0 Å². The molecule has 170 valence electrons. The summed E-state index contributed by atoms with van der Waals surface area (Å²) in [7, 11) is 0. The highest BCUT2D eigenvalue weighted by molar-refractivity contribution is 6.01. The molecule has 3 aliphatic rings. The molecule has 0 radical (unpaired) electrons. The van der Waals surface area contributed by atoms with Gasteiger partial charge in [0.2, 0.25) is 0 Å². The van der Waals surface area contributed by atoms with Gasteiger partial charge in [0.1, 0.15) is 0 Å². The molecule has 5 rings (SSSR count). The van der Waals surface area contributed by atoms with Gasteiger partial charge in [-0.2, -0.15) is 10.2 Å². The summed E-state index contributed by atoms with van der Waals surface area (Å²) in [5, 5.41) is 21.5. The number of rotatable bonds is 5. The summed E-state index contributed by atoms with van der Waals surface area (Å²) >= 11 is 0. The van der Waals surface area contributed by atoms with Crippen molar-refractivity contribution in [2.45, 2.75) is 58.0 Å². The molecule has 0 fully saturated rings. The third-order valence-corrected chi connectivity index (χ3v) is 7.18. The molecule has 1 aromatic carbocycles. The van der Waals surface area contributed by atoms with Gasteiger partial charge < -0.3 is 10.4 Å². The largest absolute Gasteiger partial charge is 0.396 e. The zero-order valence-corrected chi connectivity index (χ0v) is 19.4. The number of fused-ring (bicyclic) bond motifs is 1. The summed E-state index contributed by atoms with van der Waals surface area (Å²) in [6.07, 6.45) is 6.04. The molecule has 2 aromatic rings. The molecule has 2 atom stereocenters. The number of hydrogen-bond acceptors (Lipinski definition) is 6. The Morgan fingerprint density at radius 1 is 1.15 bits per heavy atom. The fourth-order valence-electron chi connectivity index (χ4n) is 5.76. The van der Waals surface area contributed by atoms with Crippen LogP contribution in [0.25, 0.3) is 11.1 Å². The maximum Gasteiger partial charge on any atom is 0.164 e. The molecule has 0 spiro atoms. The van der Waals surface area contributed by atoms with Crippen molar-refractivity contribution in [2.75, 3.05) is 6.61 Å². The van der Waals surface area contributed by atoms with E-state index < -0.39 is 5.41 Å². The topological polar surface area (TPSA) is 86.9 Å². The van der Waals surface area contributed by atoms with Crippen molar-refractivity contribution in [3.05, 3.63) is 76.9 Å². The number of benzene rings is 1. The summed E-state index contributed by atoms with van der Waals surface area (Å²) in [6, 6.07) is 12.5. The Morgan fingerprint density at radius 2 is 1.97 bits per heavy atom. The zero-order chi connectivity index (χ0) is 23.2. The fraction of sp³-hybridized carbons (Fsp3) is 0.407. The van der Waals surface area contributed by atoms with E-state index in [0.29, 0.717) is 12.8 Å². The molecular weight excluding hydrogens is 412 g/mol. The van der Waals surface area contributed by atoms with Gasteiger partial charge in [-0.05, 0) is 53.1 Å². The summed E-state index contributed by atoms with van der Waals surface area (Å²) < 4.78 is 0. The Balaban J connectivity index is 1.69. The lowest BCUT2D eigenvalue weighted by atomic mass is 9.58. The lowest BCUT2D eigenvalue weighted by Crippen LogP contribution is -2.51. The van der Waals surface area contributed by atoms with Crippen LogP contribution in [0.1, 0.15) is 51.3 Å². The number of aliphatic hydroxyl groups excluding tert-OH is 1. The quantitative estimate of drug-likeness (QED) is 0.693. The Kier molecular flexibility index (Phi) is 5.28. The number of hydrogen-bond donors (Lipinski definition) is 2. The van der Waals surface area contributed by atoms with E-state index in [1.54, 1.807) is 6.20 Å². The van der Waals surface area contributed by atoms with Gasteiger partial charge in [0.15, 0.2) is 11.9 Å². The van der Waals surface area contributed by atoms with Crippen molar-refractivity contribution in [3.8, 4) is 11.1 Å². The molecule has 0 amide bonds. The molecule has 3 heterocycles. The Bertz CT molecular complexity index is 1210. The molecule has 0 saturated carbocycles. The third-order valence-electron chi connectivity index (χ3n) is 7.18. The van der Waals surface area contributed by atoms with Crippen LogP contribution in [0.2, 0.25) is 0 Å². The second-order valence-corrected chi connectivity index (χ2v) is 10.0.